The maximum absolute atomic E-state index is 13.2. The van der Waals surface area contributed by atoms with Crippen molar-refractivity contribution in [1.29, 1.82) is 0 Å². The van der Waals surface area contributed by atoms with Gasteiger partial charge in [-0.3, -0.25) is 14.6 Å². The summed E-state index contributed by atoms with van der Waals surface area (Å²) >= 11 is 0. The van der Waals surface area contributed by atoms with Crippen LogP contribution in [0.1, 0.15) is 35.6 Å². The zero-order valence-electron chi connectivity index (χ0n) is 22.1. The molecule has 2 fully saturated rings. The molecule has 0 unspecified atom stereocenters. The standard InChI is InChI=1S/C32H40N4O/c1-34-19-17-32(18-20-34,29-15-9-4-10-16-29)26-36-23-21-35(22-24-36)25-30(37)33-31(27-11-5-2-6-12-27)28-13-7-3-8-14-28/h2-16,31H,17-26H2,1H3,(H,33,37). The van der Waals surface area contributed by atoms with E-state index in [1.807, 2.05) is 36.4 Å². The van der Waals surface area contributed by atoms with Crippen LogP contribution in [0.4, 0.5) is 0 Å². The molecule has 5 heteroatoms. The number of hydrogen-bond acceptors (Lipinski definition) is 4. The maximum atomic E-state index is 13.2. The molecule has 5 nitrogen and oxygen atoms in total. The highest BCUT2D eigenvalue weighted by molar-refractivity contribution is 5.79. The maximum Gasteiger partial charge on any atom is 0.234 e. The number of hydrogen-bond donors (Lipinski definition) is 1. The summed E-state index contributed by atoms with van der Waals surface area (Å²) in [7, 11) is 2.23. The van der Waals surface area contributed by atoms with Gasteiger partial charge in [0.25, 0.3) is 0 Å². The van der Waals surface area contributed by atoms with E-state index in [1.165, 1.54) is 18.4 Å². The van der Waals surface area contributed by atoms with Gasteiger partial charge in [-0.05, 0) is 49.7 Å². The molecule has 1 N–H and O–H groups in total. The first-order valence-electron chi connectivity index (χ1n) is 13.7. The van der Waals surface area contributed by atoms with Crippen molar-refractivity contribution >= 4 is 5.91 Å². The fraction of sp³-hybridized carbons (Fsp3) is 0.406. The lowest BCUT2D eigenvalue weighted by Crippen LogP contribution is -2.54. The van der Waals surface area contributed by atoms with Crippen molar-refractivity contribution in [2.24, 2.45) is 0 Å². The van der Waals surface area contributed by atoms with Crippen molar-refractivity contribution in [3.8, 4) is 0 Å². The average molecular weight is 497 g/mol. The van der Waals surface area contributed by atoms with E-state index in [4.69, 9.17) is 0 Å². The first-order valence-corrected chi connectivity index (χ1v) is 13.7. The van der Waals surface area contributed by atoms with Gasteiger partial charge >= 0.3 is 0 Å². The van der Waals surface area contributed by atoms with Crippen LogP contribution in [-0.4, -0.2) is 80.0 Å². The third-order valence-corrected chi connectivity index (χ3v) is 8.26. The molecule has 3 aromatic rings. The largest absolute Gasteiger partial charge is 0.344 e. The van der Waals surface area contributed by atoms with Crippen molar-refractivity contribution in [2.75, 3.05) is 59.4 Å². The summed E-state index contributed by atoms with van der Waals surface area (Å²) in [6.07, 6.45) is 2.41. The van der Waals surface area contributed by atoms with E-state index in [9.17, 15) is 4.79 Å². The summed E-state index contributed by atoms with van der Waals surface area (Å²) in [5.74, 6) is 0.0854. The highest BCUT2D eigenvalue weighted by Crippen LogP contribution is 2.36. The molecule has 0 aromatic heterocycles. The number of benzene rings is 3. The summed E-state index contributed by atoms with van der Waals surface area (Å²) in [5, 5.41) is 3.31. The Morgan fingerprint density at radius 2 is 1.22 bits per heavy atom. The molecule has 37 heavy (non-hydrogen) atoms. The minimum absolute atomic E-state index is 0.0854. The van der Waals surface area contributed by atoms with Gasteiger partial charge in [-0.15, -0.1) is 0 Å². The SMILES string of the molecule is CN1CCC(CN2CCN(CC(=O)NC(c3ccccc3)c3ccccc3)CC2)(c2ccccc2)CC1. The lowest BCUT2D eigenvalue weighted by atomic mass is 9.72. The minimum Gasteiger partial charge on any atom is -0.344 e. The van der Waals surface area contributed by atoms with Crippen LogP contribution in [0.2, 0.25) is 0 Å². The number of piperazine rings is 1. The number of carbonyl (C=O) groups excluding carboxylic acids is 1. The van der Waals surface area contributed by atoms with Gasteiger partial charge in [0, 0.05) is 38.1 Å². The Bertz CT molecular complexity index is 1070. The molecule has 5 rings (SSSR count). The number of amides is 1. The van der Waals surface area contributed by atoms with Gasteiger partial charge in [0.05, 0.1) is 12.6 Å². The molecule has 2 saturated heterocycles. The summed E-state index contributed by atoms with van der Waals surface area (Å²) in [6.45, 7) is 7.74. The van der Waals surface area contributed by atoms with Crippen LogP contribution >= 0.6 is 0 Å². The third-order valence-electron chi connectivity index (χ3n) is 8.26. The summed E-state index contributed by atoms with van der Waals surface area (Å²) < 4.78 is 0. The Labute approximate surface area is 222 Å². The summed E-state index contributed by atoms with van der Waals surface area (Å²) in [4.78, 5) is 20.6. The van der Waals surface area contributed by atoms with Crippen LogP contribution in [0.15, 0.2) is 91.0 Å². The zero-order valence-corrected chi connectivity index (χ0v) is 22.1. The fourth-order valence-corrected chi connectivity index (χ4v) is 5.97. The van der Waals surface area contributed by atoms with Gasteiger partial charge in [-0.2, -0.15) is 0 Å². The molecule has 0 aliphatic carbocycles. The van der Waals surface area contributed by atoms with Crippen molar-refractivity contribution in [1.82, 2.24) is 20.0 Å². The van der Waals surface area contributed by atoms with E-state index >= 15 is 0 Å². The number of carbonyl (C=O) groups is 1. The second-order valence-electron chi connectivity index (χ2n) is 10.8. The number of nitrogens with one attached hydrogen (secondary N) is 1. The van der Waals surface area contributed by atoms with Crippen LogP contribution in [0, 0.1) is 0 Å². The van der Waals surface area contributed by atoms with Gasteiger partial charge in [0.15, 0.2) is 0 Å². The Morgan fingerprint density at radius 3 is 1.76 bits per heavy atom. The van der Waals surface area contributed by atoms with Gasteiger partial charge in [0.1, 0.15) is 0 Å². The molecule has 0 atom stereocenters. The highest BCUT2D eigenvalue weighted by atomic mass is 16.2. The molecule has 0 spiro atoms. The van der Waals surface area contributed by atoms with E-state index in [0.29, 0.717) is 6.54 Å². The van der Waals surface area contributed by atoms with Crippen molar-refractivity contribution in [2.45, 2.75) is 24.3 Å². The average Bonchev–Trinajstić information content (AvgIpc) is 2.95. The van der Waals surface area contributed by atoms with Crippen LogP contribution in [0.25, 0.3) is 0 Å². The van der Waals surface area contributed by atoms with E-state index in [1.54, 1.807) is 0 Å². The summed E-state index contributed by atoms with van der Waals surface area (Å²) in [5.41, 5.74) is 3.93. The first-order chi connectivity index (χ1) is 18.1. The number of rotatable bonds is 8. The molecule has 2 aliphatic rings. The molecule has 2 heterocycles. The van der Waals surface area contributed by atoms with Gasteiger partial charge in [0.2, 0.25) is 5.91 Å². The molecule has 2 aliphatic heterocycles. The lowest BCUT2D eigenvalue weighted by molar-refractivity contribution is -0.123. The van der Waals surface area contributed by atoms with Crippen LogP contribution in [0.3, 0.4) is 0 Å². The number of piperidine rings is 1. The van der Waals surface area contributed by atoms with Gasteiger partial charge < -0.3 is 10.2 Å². The Kier molecular flexibility index (Phi) is 8.34. The van der Waals surface area contributed by atoms with Crippen molar-refractivity contribution in [3.05, 3.63) is 108 Å². The van der Waals surface area contributed by atoms with Gasteiger partial charge in [-0.25, -0.2) is 0 Å². The van der Waals surface area contributed by atoms with E-state index in [-0.39, 0.29) is 17.4 Å². The minimum atomic E-state index is -0.133. The van der Waals surface area contributed by atoms with Crippen molar-refractivity contribution in [3.63, 3.8) is 0 Å². The molecule has 0 saturated carbocycles. The number of likely N-dealkylation sites (tertiary alicyclic amines) is 1. The summed E-state index contributed by atoms with van der Waals surface area (Å²) in [6, 6.07) is 31.5. The zero-order chi connectivity index (χ0) is 25.5. The normalized spacial score (nSPS) is 19.1. The van der Waals surface area contributed by atoms with Crippen LogP contribution < -0.4 is 5.32 Å². The Morgan fingerprint density at radius 1 is 0.730 bits per heavy atom. The van der Waals surface area contributed by atoms with Crippen LogP contribution in [-0.2, 0) is 10.2 Å². The topological polar surface area (TPSA) is 38.8 Å². The molecule has 3 aromatic carbocycles. The smallest absolute Gasteiger partial charge is 0.234 e. The second-order valence-corrected chi connectivity index (χ2v) is 10.8. The van der Waals surface area contributed by atoms with E-state index in [0.717, 1.165) is 56.9 Å². The first kappa shape index (κ1) is 25.7. The molecule has 1 amide bonds. The highest BCUT2D eigenvalue weighted by Gasteiger charge is 2.37. The second kappa shape index (κ2) is 12.0. The van der Waals surface area contributed by atoms with E-state index < -0.39 is 0 Å². The fourth-order valence-electron chi connectivity index (χ4n) is 5.97. The third kappa shape index (κ3) is 6.48. The Hall–Kier alpha value is -2.99. The molecular formula is C32H40N4O. The molecular weight excluding hydrogens is 456 g/mol. The monoisotopic (exact) mass is 496 g/mol. The van der Waals surface area contributed by atoms with E-state index in [2.05, 4.69) is 81.7 Å². The Balaban J connectivity index is 1.18. The lowest BCUT2D eigenvalue weighted by Gasteiger charge is -2.46. The molecule has 194 valence electrons. The molecule has 0 radical (unpaired) electrons. The predicted octanol–water partition coefficient (Wildman–Crippen LogP) is 4.17. The predicted molar refractivity (Wildman–Crippen MR) is 151 cm³/mol. The van der Waals surface area contributed by atoms with Crippen molar-refractivity contribution < 1.29 is 4.79 Å². The van der Waals surface area contributed by atoms with Gasteiger partial charge in [-0.1, -0.05) is 91.0 Å². The molecule has 0 bridgehead atoms. The number of nitrogens with zero attached hydrogens (tertiary/aromatic N) is 3. The quantitative estimate of drug-likeness (QED) is 0.508. The van der Waals surface area contributed by atoms with Crippen LogP contribution in [0.5, 0.6) is 0 Å².